The van der Waals surface area contributed by atoms with Crippen LogP contribution in [0.3, 0.4) is 0 Å². The van der Waals surface area contributed by atoms with Crippen molar-refractivity contribution in [1.82, 2.24) is 15.1 Å². The van der Waals surface area contributed by atoms with Crippen LogP contribution in [-0.4, -0.2) is 67.6 Å². The number of amides is 1. The van der Waals surface area contributed by atoms with Gasteiger partial charge in [-0.15, -0.1) is 0 Å². The molecule has 5 nitrogen and oxygen atoms in total. The van der Waals surface area contributed by atoms with Crippen molar-refractivity contribution in [3.63, 3.8) is 0 Å². The van der Waals surface area contributed by atoms with E-state index in [1.54, 1.807) is 0 Å². The summed E-state index contributed by atoms with van der Waals surface area (Å²) in [5.41, 5.74) is 0. The molecule has 4 rings (SSSR count). The summed E-state index contributed by atoms with van der Waals surface area (Å²) < 4.78 is 5.43. The lowest BCUT2D eigenvalue weighted by molar-refractivity contribution is -0.123. The molecule has 0 spiro atoms. The second kappa shape index (κ2) is 6.24. The number of hydrogen-bond acceptors (Lipinski definition) is 4. The average molecular weight is 275 g/mol. The molecule has 0 aromatic heterocycles. The van der Waals surface area contributed by atoms with Gasteiger partial charge in [-0.2, -0.15) is 0 Å². The Kier molecular flexibility index (Phi) is 4.18. The van der Waals surface area contributed by atoms with Gasteiger partial charge in [-0.25, -0.2) is 0 Å². The average Bonchev–Trinajstić information content (AvgIpc) is 2.53. The zero-order valence-corrected chi connectivity index (χ0v) is 11.6. The van der Waals surface area contributed by atoms with Crippen molar-refractivity contribution < 1.29 is 9.53 Å². The summed E-state index contributed by atoms with van der Waals surface area (Å²) in [6, 6.07) is 9.88. The van der Waals surface area contributed by atoms with Gasteiger partial charge >= 0.3 is 0 Å². The Labute approximate surface area is 119 Å². The van der Waals surface area contributed by atoms with Crippen molar-refractivity contribution in [3.05, 3.63) is 30.3 Å². The van der Waals surface area contributed by atoms with Crippen LogP contribution >= 0.6 is 0 Å². The highest BCUT2D eigenvalue weighted by Crippen LogP contribution is 2.14. The number of piperazine rings is 3. The number of ether oxygens (including phenoxy) is 1. The first-order valence-corrected chi connectivity index (χ1v) is 7.22. The quantitative estimate of drug-likeness (QED) is 0.833. The van der Waals surface area contributed by atoms with Crippen molar-refractivity contribution >= 4 is 5.91 Å². The number of nitrogens with zero attached hydrogens (tertiary/aromatic N) is 2. The van der Waals surface area contributed by atoms with Crippen LogP contribution in [0.15, 0.2) is 30.3 Å². The summed E-state index contributed by atoms with van der Waals surface area (Å²) in [5, 5.41) is 2.98. The Morgan fingerprint density at radius 1 is 1.20 bits per heavy atom. The molecule has 2 bridgehead atoms. The first-order valence-electron chi connectivity index (χ1n) is 7.22. The van der Waals surface area contributed by atoms with Gasteiger partial charge in [-0.3, -0.25) is 14.6 Å². The third-order valence-electron chi connectivity index (χ3n) is 4.04. The largest absolute Gasteiger partial charge is 0.484 e. The molecule has 20 heavy (non-hydrogen) atoms. The standard InChI is InChI=1S/C15H21N3O2/c19-15(12-20-14-4-2-1-3-5-14)16-10-13-11-17-6-8-18(13)9-7-17/h1-5,13H,6-12H2,(H,16,19). The van der Waals surface area contributed by atoms with Gasteiger partial charge in [0.1, 0.15) is 5.75 Å². The maximum atomic E-state index is 11.8. The van der Waals surface area contributed by atoms with Crippen molar-refractivity contribution in [1.29, 1.82) is 0 Å². The number of rotatable bonds is 5. The fraction of sp³-hybridized carbons (Fsp3) is 0.533. The smallest absolute Gasteiger partial charge is 0.257 e. The summed E-state index contributed by atoms with van der Waals surface area (Å²) in [5.74, 6) is 0.681. The Hall–Kier alpha value is -1.59. The van der Waals surface area contributed by atoms with E-state index >= 15 is 0 Å². The monoisotopic (exact) mass is 275 g/mol. The second-order valence-corrected chi connectivity index (χ2v) is 5.40. The van der Waals surface area contributed by atoms with E-state index in [0.29, 0.717) is 12.6 Å². The van der Waals surface area contributed by atoms with Crippen LogP contribution in [0.2, 0.25) is 0 Å². The fourth-order valence-corrected chi connectivity index (χ4v) is 2.87. The molecule has 1 atom stereocenters. The van der Waals surface area contributed by atoms with E-state index in [9.17, 15) is 4.79 Å². The zero-order chi connectivity index (χ0) is 13.8. The summed E-state index contributed by atoms with van der Waals surface area (Å²) in [7, 11) is 0. The number of benzene rings is 1. The van der Waals surface area contributed by atoms with E-state index in [2.05, 4.69) is 15.1 Å². The molecule has 1 amide bonds. The van der Waals surface area contributed by atoms with Crippen molar-refractivity contribution in [3.8, 4) is 5.75 Å². The summed E-state index contributed by atoms with van der Waals surface area (Å²) in [6.45, 7) is 6.46. The normalized spacial score (nSPS) is 28.1. The Bertz CT molecular complexity index is 444. The molecule has 3 heterocycles. The Morgan fingerprint density at radius 2 is 1.95 bits per heavy atom. The van der Waals surface area contributed by atoms with E-state index in [4.69, 9.17) is 4.74 Å². The molecule has 0 saturated carbocycles. The predicted molar refractivity (Wildman–Crippen MR) is 76.7 cm³/mol. The molecule has 1 unspecified atom stereocenters. The minimum absolute atomic E-state index is 0.0495. The number of para-hydroxylation sites is 1. The van der Waals surface area contributed by atoms with E-state index in [-0.39, 0.29) is 12.5 Å². The zero-order valence-electron chi connectivity index (χ0n) is 11.6. The molecule has 0 aliphatic carbocycles. The van der Waals surface area contributed by atoms with Gasteiger partial charge < -0.3 is 10.1 Å². The number of hydrogen-bond donors (Lipinski definition) is 1. The van der Waals surface area contributed by atoms with Crippen LogP contribution in [0.1, 0.15) is 0 Å². The fourth-order valence-electron chi connectivity index (χ4n) is 2.87. The highest BCUT2D eigenvalue weighted by Gasteiger charge is 2.31. The molecule has 0 radical (unpaired) electrons. The minimum Gasteiger partial charge on any atom is -0.484 e. The Balaban J connectivity index is 1.39. The lowest BCUT2D eigenvalue weighted by Crippen LogP contribution is -2.63. The third-order valence-corrected chi connectivity index (χ3v) is 4.04. The van der Waals surface area contributed by atoms with Crippen LogP contribution in [-0.2, 0) is 4.79 Å². The molecule has 108 valence electrons. The van der Waals surface area contributed by atoms with Gasteiger partial charge in [0.2, 0.25) is 0 Å². The third kappa shape index (κ3) is 3.29. The van der Waals surface area contributed by atoms with Gasteiger partial charge in [0.25, 0.3) is 5.91 Å². The van der Waals surface area contributed by atoms with E-state index < -0.39 is 0 Å². The number of carbonyl (C=O) groups is 1. The number of nitrogens with one attached hydrogen (secondary N) is 1. The molecule has 1 aromatic rings. The van der Waals surface area contributed by atoms with Gasteiger partial charge in [-0.05, 0) is 12.1 Å². The highest BCUT2D eigenvalue weighted by molar-refractivity contribution is 5.77. The van der Waals surface area contributed by atoms with Crippen LogP contribution < -0.4 is 10.1 Å². The van der Waals surface area contributed by atoms with Gasteiger partial charge in [0.15, 0.2) is 6.61 Å². The molecular formula is C15H21N3O2. The van der Waals surface area contributed by atoms with Crippen LogP contribution in [0, 0.1) is 0 Å². The summed E-state index contributed by atoms with van der Waals surface area (Å²) in [6.07, 6.45) is 0. The summed E-state index contributed by atoms with van der Waals surface area (Å²) >= 11 is 0. The molecule has 3 aliphatic heterocycles. The van der Waals surface area contributed by atoms with Gasteiger partial charge in [0, 0.05) is 45.3 Å². The summed E-state index contributed by atoms with van der Waals surface area (Å²) in [4.78, 5) is 16.7. The number of fused-ring (bicyclic) bond motifs is 3. The molecule has 3 fully saturated rings. The molecule has 5 heteroatoms. The molecule has 3 aliphatic rings. The van der Waals surface area contributed by atoms with E-state index in [1.807, 2.05) is 30.3 Å². The molecular weight excluding hydrogens is 254 g/mol. The second-order valence-electron chi connectivity index (χ2n) is 5.40. The van der Waals surface area contributed by atoms with Crippen molar-refractivity contribution in [2.45, 2.75) is 6.04 Å². The van der Waals surface area contributed by atoms with Gasteiger partial charge in [-0.1, -0.05) is 18.2 Å². The van der Waals surface area contributed by atoms with Crippen molar-refractivity contribution in [2.24, 2.45) is 0 Å². The minimum atomic E-state index is -0.0495. The topological polar surface area (TPSA) is 44.8 Å². The molecule has 1 aromatic carbocycles. The lowest BCUT2D eigenvalue weighted by Gasteiger charge is -2.47. The van der Waals surface area contributed by atoms with E-state index in [0.717, 1.165) is 25.4 Å². The highest BCUT2D eigenvalue weighted by atomic mass is 16.5. The number of carbonyl (C=O) groups excluding carboxylic acids is 1. The maximum absolute atomic E-state index is 11.8. The predicted octanol–water partition coefficient (Wildman–Crippen LogP) is 0.181. The maximum Gasteiger partial charge on any atom is 0.257 e. The van der Waals surface area contributed by atoms with Crippen molar-refractivity contribution in [2.75, 3.05) is 45.9 Å². The van der Waals surface area contributed by atoms with E-state index in [1.165, 1.54) is 13.1 Å². The SMILES string of the molecule is O=C(COc1ccccc1)NCC1CN2CCN1CC2. The van der Waals surface area contributed by atoms with Crippen LogP contribution in [0.5, 0.6) is 5.75 Å². The van der Waals surface area contributed by atoms with Gasteiger partial charge in [0.05, 0.1) is 0 Å². The molecule has 1 N–H and O–H groups in total. The molecule has 3 saturated heterocycles. The first kappa shape index (κ1) is 13.4. The Morgan fingerprint density at radius 3 is 2.60 bits per heavy atom. The van der Waals surface area contributed by atoms with Crippen LogP contribution in [0.4, 0.5) is 0 Å². The first-order chi connectivity index (χ1) is 9.81. The van der Waals surface area contributed by atoms with Crippen LogP contribution in [0.25, 0.3) is 0 Å². The lowest BCUT2D eigenvalue weighted by atomic mass is 10.1.